The maximum atomic E-state index is 11.9. The van der Waals surface area contributed by atoms with Crippen LogP contribution in [0.1, 0.15) is 11.5 Å². The van der Waals surface area contributed by atoms with Gasteiger partial charge in [0, 0.05) is 24.5 Å². The fraction of sp³-hybridized carbons (Fsp3) is 0.125. The van der Waals surface area contributed by atoms with Gasteiger partial charge in [-0.15, -0.1) is 10.2 Å². The quantitative estimate of drug-likeness (QED) is 0.778. The number of hydrogen-bond donors (Lipinski definition) is 1. The number of amides is 1. The van der Waals surface area contributed by atoms with Gasteiger partial charge >= 0.3 is 0 Å². The molecule has 0 radical (unpaired) electrons. The van der Waals surface area contributed by atoms with Crippen LogP contribution in [-0.4, -0.2) is 21.1 Å². The zero-order chi connectivity index (χ0) is 15.2. The van der Waals surface area contributed by atoms with E-state index in [9.17, 15) is 4.79 Å². The molecule has 6 nitrogen and oxygen atoms in total. The van der Waals surface area contributed by atoms with Gasteiger partial charge in [-0.25, -0.2) is 0 Å². The summed E-state index contributed by atoms with van der Waals surface area (Å²) >= 11 is 0. The van der Waals surface area contributed by atoms with Crippen LogP contribution >= 0.6 is 0 Å². The summed E-state index contributed by atoms with van der Waals surface area (Å²) < 4.78 is 5.48. The molecule has 0 saturated carbocycles. The molecule has 110 valence electrons. The number of aromatic nitrogens is 3. The number of pyridine rings is 1. The molecule has 0 atom stereocenters. The summed E-state index contributed by atoms with van der Waals surface area (Å²) in [5.74, 6) is 0.513. The lowest BCUT2D eigenvalue weighted by Gasteiger charge is -2.03. The molecule has 0 bridgehead atoms. The predicted molar refractivity (Wildman–Crippen MR) is 79.5 cm³/mol. The van der Waals surface area contributed by atoms with Crippen LogP contribution in [0.5, 0.6) is 0 Å². The molecule has 0 unspecified atom stereocenters. The van der Waals surface area contributed by atoms with Crippen molar-refractivity contribution in [1.82, 2.24) is 20.5 Å². The molecular weight excluding hydrogens is 280 g/mol. The smallest absolute Gasteiger partial charge is 0.247 e. The van der Waals surface area contributed by atoms with Crippen LogP contribution in [0.2, 0.25) is 0 Å². The summed E-state index contributed by atoms with van der Waals surface area (Å²) in [4.78, 5) is 15.8. The van der Waals surface area contributed by atoms with Gasteiger partial charge in [-0.05, 0) is 17.7 Å². The highest BCUT2D eigenvalue weighted by molar-refractivity contribution is 5.77. The van der Waals surface area contributed by atoms with Crippen LogP contribution in [0.3, 0.4) is 0 Å². The second kappa shape index (κ2) is 6.62. The molecule has 0 aliphatic heterocycles. The Morgan fingerprint density at radius 2 is 1.82 bits per heavy atom. The molecule has 0 spiro atoms. The van der Waals surface area contributed by atoms with Crippen LogP contribution in [0.15, 0.2) is 59.3 Å². The van der Waals surface area contributed by atoms with Crippen LogP contribution in [-0.2, 0) is 17.8 Å². The second-order valence-corrected chi connectivity index (χ2v) is 4.68. The molecule has 6 heteroatoms. The van der Waals surface area contributed by atoms with E-state index >= 15 is 0 Å². The van der Waals surface area contributed by atoms with Crippen molar-refractivity contribution in [1.29, 1.82) is 0 Å². The summed E-state index contributed by atoms with van der Waals surface area (Å²) in [6.07, 6.45) is 3.35. The Kier molecular flexibility index (Phi) is 4.20. The summed E-state index contributed by atoms with van der Waals surface area (Å²) in [6, 6.07) is 13.2. The van der Waals surface area contributed by atoms with E-state index in [1.165, 1.54) is 0 Å². The molecule has 3 aromatic rings. The first-order valence-electron chi connectivity index (χ1n) is 6.84. The van der Waals surface area contributed by atoms with Crippen LogP contribution in [0.4, 0.5) is 0 Å². The normalized spacial score (nSPS) is 10.4. The highest BCUT2D eigenvalue weighted by Gasteiger charge is 2.12. The molecule has 0 fully saturated rings. The van der Waals surface area contributed by atoms with E-state index in [4.69, 9.17) is 4.42 Å². The van der Waals surface area contributed by atoms with Crippen LogP contribution < -0.4 is 5.32 Å². The number of benzene rings is 1. The SMILES string of the molecule is O=C(Cc1nnc(-c2ccncc2)o1)NCc1ccccc1. The monoisotopic (exact) mass is 294 g/mol. The molecule has 3 rings (SSSR count). The fourth-order valence-electron chi connectivity index (χ4n) is 1.93. The van der Waals surface area contributed by atoms with Crippen molar-refractivity contribution in [3.8, 4) is 11.5 Å². The molecule has 22 heavy (non-hydrogen) atoms. The maximum absolute atomic E-state index is 11.9. The molecule has 0 aliphatic carbocycles. The van der Waals surface area contributed by atoms with Gasteiger partial charge < -0.3 is 9.73 Å². The van der Waals surface area contributed by atoms with Crippen LogP contribution in [0.25, 0.3) is 11.5 Å². The van der Waals surface area contributed by atoms with E-state index in [-0.39, 0.29) is 18.2 Å². The maximum Gasteiger partial charge on any atom is 0.247 e. The zero-order valence-corrected chi connectivity index (χ0v) is 11.8. The first-order valence-corrected chi connectivity index (χ1v) is 6.84. The van der Waals surface area contributed by atoms with E-state index in [0.717, 1.165) is 11.1 Å². The molecule has 0 saturated heterocycles. The van der Waals surface area contributed by atoms with Gasteiger partial charge in [0.2, 0.25) is 17.7 Å². The molecule has 2 aromatic heterocycles. The third-order valence-electron chi connectivity index (χ3n) is 3.04. The Labute approximate surface area is 127 Å². The topological polar surface area (TPSA) is 80.9 Å². The second-order valence-electron chi connectivity index (χ2n) is 4.68. The van der Waals surface area contributed by atoms with Crippen molar-refractivity contribution >= 4 is 5.91 Å². The van der Waals surface area contributed by atoms with Gasteiger partial charge in [0.05, 0.1) is 0 Å². The van der Waals surface area contributed by atoms with Gasteiger partial charge in [-0.3, -0.25) is 9.78 Å². The van der Waals surface area contributed by atoms with Gasteiger partial charge in [0.25, 0.3) is 0 Å². The largest absolute Gasteiger partial charge is 0.420 e. The third-order valence-corrected chi connectivity index (χ3v) is 3.04. The molecular formula is C16H14N4O2. The average Bonchev–Trinajstić information content (AvgIpc) is 3.03. The number of rotatable bonds is 5. The molecule has 0 aliphatic rings. The first-order chi connectivity index (χ1) is 10.8. The lowest BCUT2D eigenvalue weighted by Crippen LogP contribution is -2.24. The van der Waals surface area contributed by atoms with E-state index < -0.39 is 0 Å². The Hall–Kier alpha value is -3.02. The first kappa shape index (κ1) is 13.9. The summed E-state index contributed by atoms with van der Waals surface area (Å²) in [5.41, 5.74) is 1.82. The third kappa shape index (κ3) is 3.54. The van der Waals surface area contributed by atoms with Gasteiger partial charge in [0.15, 0.2) is 0 Å². The molecule has 1 amide bonds. The molecule has 1 aromatic carbocycles. The summed E-state index contributed by atoms with van der Waals surface area (Å²) in [6.45, 7) is 0.477. The van der Waals surface area contributed by atoms with E-state index in [2.05, 4.69) is 20.5 Å². The number of hydrogen-bond acceptors (Lipinski definition) is 5. The number of carbonyl (C=O) groups is 1. The predicted octanol–water partition coefficient (Wildman–Crippen LogP) is 1.99. The lowest BCUT2D eigenvalue weighted by molar-refractivity contribution is -0.120. The van der Waals surface area contributed by atoms with E-state index in [1.54, 1.807) is 24.5 Å². The number of carbonyl (C=O) groups excluding carboxylic acids is 1. The van der Waals surface area contributed by atoms with Crippen molar-refractivity contribution < 1.29 is 9.21 Å². The lowest BCUT2D eigenvalue weighted by atomic mass is 10.2. The van der Waals surface area contributed by atoms with Gasteiger partial charge in [-0.2, -0.15) is 0 Å². The van der Waals surface area contributed by atoms with Crippen LogP contribution in [0, 0.1) is 0 Å². The minimum Gasteiger partial charge on any atom is -0.420 e. The van der Waals surface area contributed by atoms with Crippen molar-refractivity contribution in [2.24, 2.45) is 0 Å². The average molecular weight is 294 g/mol. The fourth-order valence-corrected chi connectivity index (χ4v) is 1.93. The Bertz CT molecular complexity index is 741. The Morgan fingerprint density at radius 3 is 2.59 bits per heavy atom. The Morgan fingerprint density at radius 1 is 1.05 bits per heavy atom. The van der Waals surface area contributed by atoms with Crippen molar-refractivity contribution in [2.75, 3.05) is 0 Å². The van der Waals surface area contributed by atoms with Crippen molar-refractivity contribution in [3.05, 3.63) is 66.3 Å². The number of nitrogens with one attached hydrogen (secondary N) is 1. The molecule has 1 N–H and O–H groups in total. The molecule has 2 heterocycles. The Balaban J connectivity index is 1.57. The summed E-state index contributed by atoms with van der Waals surface area (Å²) in [5, 5.41) is 10.6. The highest BCUT2D eigenvalue weighted by atomic mass is 16.4. The highest BCUT2D eigenvalue weighted by Crippen LogP contribution is 2.16. The van der Waals surface area contributed by atoms with E-state index in [1.807, 2.05) is 30.3 Å². The van der Waals surface area contributed by atoms with Gasteiger partial charge in [-0.1, -0.05) is 30.3 Å². The van der Waals surface area contributed by atoms with E-state index in [0.29, 0.717) is 12.4 Å². The minimum atomic E-state index is -0.159. The number of nitrogens with zero attached hydrogens (tertiary/aromatic N) is 3. The minimum absolute atomic E-state index is 0.0604. The zero-order valence-electron chi connectivity index (χ0n) is 11.8. The standard InChI is InChI=1S/C16H14N4O2/c21-14(18-11-12-4-2-1-3-5-12)10-15-19-20-16(22-15)13-6-8-17-9-7-13/h1-9H,10-11H2,(H,18,21). The summed E-state index contributed by atoms with van der Waals surface area (Å²) in [7, 11) is 0. The van der Waals surface area contributed by atoms with Gasteiger partial charge in [0.1, 0.15) is 6.42 Å². The van der Waals surface area contributed by atoms with Crippen molar-refractivity contribution in [2.45, 2.75) is 13.0 Å². The van der Waals surface area contributed by atoms with Crippen molar-refractivity contribution in [3.63, 3.8) is 0 Å².